The molecule has 0 amide bonds. The van der Waals surface area contributed by atoms with Crippen molar-refractivity contribution in [1.82, 2.24) is 0 Å². The van der Waals surface area contributed by atoms with Gasteiger partial charge in [-0.25, -0.2) is 0 Å². The summed E-state index contributed by atoms with van der Waals surface area (Å²) < 4.78 is 6.55. The van der Waals surface area contributed by atoms with E-state index in [0.717, 1.165) is 19.3 Å². The van der Waals surface area contributed by atoms with Gasteiger partial charge in [0.25, 0.3) is 0 Å². The van der Waals surface area contributed by atoms with Gasteiger partial charge in [0, 0.05) is 5.92 Å². The van der Waals surface area contributed by atoms with E-state index in [0.29, 0.717) is 29.6 Å². The molecule has 0 unspecified atom stereocenters. The molecule has 2 heteroatoms. The number of fused-ring (bicyclic) bond motifs is 1. The maximum atomic E-state index is 12.5. The lowest BCUT2D eigenvalue weighted by atomic mass is 9.55. The monoisotopic (exact) mass is 300 g/mol. The highest BCUT2D eigenvalue weighted by atomic mass is 16.5. The molecule has 6 atom stereocenters. The Morgan fingerprint density at radius 3 is 2.82 bits per heavy atom. The average molecular weight is 300 g/mol. The molecule has 3 fully saturated rings. The van der Waals surface area contributed by atoms with Crippen LogP contribution in [0, 0.1) is 29.6 Å². The minimum Gasteiger partial charge on any atom is -0.359 e. The average Bonchev–Trinajstić information content (AvgIpc) is 2.78. The van der Waals surface area contributed by atoms with Crippen LogP contribution in [-0.2, 0) is 9.53 Å². The van der Waals surface area contributed by atoms with Crippen LogP contribution in [-0.4, -0.2) is 17.5 Å². The molecular formula is C20H28O2. The van der Waals surface area contributed by atoms with Gasteiger partial charge in [0.05, 0.1) is 5.60 Å². The zero-order chi connectivity index (χ0) is 15.6. The molecule has 22 heavy (non-hydrogen) atoms. The first kappa shape index (κ1) is 14.7. The normalized spacial score (nSPS) is 47.3. The second kappa shape index (κ2) is 4.80. The van der Waals surface area contributed by atoms with Gasteiger partial charge in [-0.05, 0) is 67.4 Å². The molecule has 3 bridgehead atoms. The van der Waals surface area contributed by atoms with Gasteiger partial charge in [-0.2, -0.15) is 0 Å². The molecule has 2 saturated carbocycles. The molecule has 0 aromatic rings. The molecule has 1 saturated heterocycles. The molecule has 1 spiro atoms. The molecule has 4 aliphatic rings. The van der Waals surface area contributed by atoms with Gasteiger partial charge in [0.2, 0.25) is 0 Å². The van der Waals surface area contributed by atoms with Crippen molar-refractivity contribution in [3.63, 3.8) is 0 Å². The number of ketones is 1. The number of rotatable bonds is 1. The van der Waals surface area contributed by atoms with Crippen LogP contribution >= 0.6 is 0 Å². The van der Waals surface area contributed by atoms with E-state index in [1.165, 1.54) is 24.0 Å². The smallest absolute Gasteiger partial charge is 0.184 e. The Hall–Kier alpha value is -0.890. The quantitative estimate of drug-likeness (QED) is 0.675. The Bertz CT molecular complexity index is 558. The predicted octanol–water partition coefficient (Wildman–Crippen LogP) is 4.31. The summed E-state index contributed by atoms with van der Waals surface area (Å²) in [6, 6.07) is 0. The molecule has 0 aromatic heterocycles. The third-order valence-electron chi connectivity index (χ3n) is 7.08. The van der Waals surface area contributed by atoms with Crippen molar-refractivity contribution in [1.29, 1.82) is 0 Å². The van der Waals surface area contributed by atoms with Crippen molar-refractivity contribution in [2.75, 3.05) is 0 Å². The predicted molar refractivity (Wildman–Crippen MR) is 87.4 cm³/mol. The molecule has 2 nitrogen and oxygen atoms in total. The molecule has 2 aliphatic carbocycles. The zero-order valence-corrected chi connectivity index (χ0v) is 14.1. The first-order valence-electron chi connectivity index (χ1n) is 9.06. The summed E-state index contributed by atoms with van der Waals surface area (Å²) in [7, 11) is 0. The standard InChI is InChI=1S/C20H28O2/c1-11(2)14-7-5-12(3)15-8-6-13(4)20-16(15)9-18(21)19(22-20)10-17(14)20/h9,11,13-15,17,19H,3,5-8,10H2,1-2,4H3/t13-,14-,15+,17+,19-,20-/m1/s1. The largest absolute Gasteiger partial charge is 0.359 e. The van der Waals surface area contributed by atoms with Crippen molar-refractivity contribution >= 4 is 5.78 Å². The van der Waals surface area contributed by atoms with Crippen LogP contribution < -0.4 is 0 Å². The third kappa shape index (κ3) is 1.73. The Morgan fingerprint density at radius 1 is 1.32 bits per heavy atom. The van der Waals surface area contributed by atoms with E-state index >= 15 is 0 Å². The van der Waals surface area contributed by atoms with E-state index in [1.54, 1.807) is 0 Å². The zero-order valence-electron chi connectivity index (χ0n) is 14.1. The summed E-state index contributed by atoms with van der Waals surface area (Å²) in [5, 5.41) is 0. The van der Waals surface area contributed by atoms with E-state index in [4.69, 9.17) is 4.74 Å². The summed E-state index contributed by atoms with van der Waals surface area (Å²) in [6.45, 7) is 11.4. The highest BCUT2D eigenvalue weighted by molar-refractivity contribution is 5.96. The van der Waals surface area contributed by atoms with Crippen LogP contribution in [0.15, 0.2) is 23.8 Å². The molecule has 2 aliphatic heterocycles. The highest BCUT2D eigenvalue weighted by Gasteiger charge is 2.63. The molecule has 0 radical (unpaired) electrons. The fourth-order valence-electron chi connectivity index (χ4n) is 5.96. The van der Waals surface area contributed by atoms with E-state index < -0.39 is 0 Å². The van der Waals surface area contributed by atoms with Gasteiger partial charge in [-0.3, -0.25) is 4.79 Å². The third-order valence-corrected chi connectivity index (χ3v) is 7.08. The topological polar surface area (TPSA) is 26.3 Å². The minimum absolute atomic E-state index is 0.167. The van der Waals surface area contributed by atoms with E-state index in [1.807, 2.05) is 6.08 Å². The van der Waals surface area contributed by atoms with Crippen molar-refractivity contribution in [3.05, 3.63) is 23.8 Å². The van der Waals surface area contributed by atoms with Crippen molar-refractivity contribution in [2.24, 2.45) is 29.6 Å². The first-order chi connectivity index (χ1) is 10.4. The number of carbonyl (C=O) groups is 1. The maximum absolute atomic E-state index is 12.5. The lowest BCUT2D eigenvalue weighted by molar-refractivity contribution is -0.142. The number of hydrogen-bond donors (Lipinski definition) is 0. The van der Waals surface area contributed by atoms with Gasteiger partial charge in [-0.15, -0.1) is 0 Å². The molecule has 0 aromatic carbocycles. The number of carbonyl (C=O) groups excluding carboxylic acids is 1. The van der Waals surface area contributed by atoms with Crippen molar-refractivity contribution in [2.45, 2.75) is 64.6 Å². The second-order valence-corrected chi connectivity index (χ2v) is 8.38. The molecule has 2 heterocycles. The summed E-state index contributed by atoms with van der Waals surface area (Å²) in [5.41, 5.74) is 2.47. The Labute approximate surface area is 134 Å². The summed E-state index contributed by atoms with van der Waals surface area (Å²) in [6.07, 6.45) is 7.40. The van der Waals surface area contributed by atoms with Crippen LogP contribution in [0.4, 0.5) is 0 Å². The minimum atomic E-state index is -0.178. The van der Waals surface area contributed by atoms with Gasteiger partial charge >= 0.3 is 0 Å². The van der Waals surface area contributed by atoms with Crippen LogP contribution in [0.2, 0.25) is 0 Å². The van der Waals surface area contributed by atoms with Gasteiger partial charge < -0.3 is 4.74 Å². The number of ether oxygens (including phenoxy) is 1. The van der Waals surface area contributed by atoms with Crippen molar-refractivity contribution in [3.8, 4) is 0 Å². The van der Waals surface area contributed by atoms with E-state index in [-0.39, 0.29) is 17.5 Å². The first-order valence-corrected chi connectivity index (χ1v) is 9.06. The van der Waals surface area contributed by atoms with Gasteiger partial charge in [0.15, 0.2) is 5.78 Å². The second-order valence-electron chi connectivity index (χ2n) is 8.38. The summed E-state index contributed by atoms with van der Waals surface area (Å²) in [4.78, 5) is 12.5. The molecular weight excluding hydrogens is 272 g/mol. The Balaban J connectivity index is 1.91. The van der Waals surface area contributed by atoms with Gasteiger partial charge in [0.1, 0.15) is 6.10 Å². The Kier molecular flexibility index (Phi) is 3.21. The van der Waals surface area contributed by atoms with Crippen LogP contribution in [0.1, 0.15) is 52.9 Å². The Morgan fingerprint density at radius 2 is 2.09 bits per heavy atom. The van der Waals surface area contributed by atoms with Gasteiger partial charge in [-0.1, -0.05) is 32.9 Å². The summed E-state index contributed by atoms with van der Waals surface area (Å²) in [5.74, 6) is 2.90. The lowest BCUT2D eigenvalue weighted by Crippen LogP contribution is -2.54. The number of hydrogen-bond acceptors (Lipinski definition) is 2. The SMILES string of the molecule is C=C1CC[C@H](C(C)C)[C@@H]2C[C@H]3O[C@]24C(=CC3=O)[C@H]1CC[C@H]4C. The fourth-order valence-corrected chi connectivity index (χ4v) is 5.96. The van der Waals surface area contributed by atoms with Crippen molar-refractivity contribution < 1.29 is 9.53 Å². The van der Waals surface area contributed by atoms with Crippen LogP contribution in [0.3, 0.4) is 0 Å². The fraction of sp³-hybridized carbons (Fsp3) is 0.750. The molecule has 0 N–H and O–H groups in total. The summed E-state index contributed by atoms with van der Waals surface area (Å²) >= 11 is 0. The highest BCUT2D eigenvalue weighted by Crippen LogP contribution is 2.61. The molecule has 4 rings (SSSR count). The molecule has 120 valence electrons. The van der Waals surface area contributed by atoms with E-state index in [9.17, 15) is 4.79 Å². The number of allylic oxidation sites excluding steroid dienone is 1. The van der Waals surface area contributed by atoms with Crippen LogP contribution in [0.5, 0.6) is 0 Å². The van der Waals surface area contributed by atoms with E-state index in [2.05, 4.69) is 27.4 Å². The lowest BCUT2D eigenvalue weighted by Gasteiger charge is -2.53. The van der Waals surface area contributed by atoms with Crippen LogP contribution in [0.25, 0.3) is 0 Å². The maximum Gasteiger partial charge on any atom is 0.184 e.